The summed E-state index contributed by atoms with van der Waals surface area (Å²) in [6, 6.07) is 15.4. The highest BCUT2D eigenvalue weighted by Crippen LogP contribution is 2.27. The Kier molecular flexibility index (Phi) is 2.76. The van der Waals surface area contributed by atoms with E-state index < -0.39 is 6.03 Å². The number of nitrogens with one attached hydrogen (secondary N) is 1. The summed E-state index contributed by atoms with van der Waals surface area (Å²) < 4.78 is 0. The Labute approximate surface area is 110 Å². The number of fused-ring (bicyclic) bond motifs is 2. The van der Waals surface area contributed by atoms with Crippen molar-refractivity contribution in [3.05, 3.63) is 70.8 Å². The molecular formula is C15H13N3O. The molecule has 0 saturated heterocycles. The van der Waals surface area contributed by atoms with E-state index in [2.05, 4.69) is 22.7 Å². The predicted octanol–water partition coefficient (Wildman–Crippen LogP) is 2.01. The van der Waals surface area contributed by atoms with Crippen molar-refractivity contribution in [2.75, 3.05) is 0 Å². The molecule has 3 N–H and O–H groups in total. The molecule has 4 nitrogen and oxygen atoms in total. The topological polar surface area (TPSA) is 67.5 Å². The van der Waals surface area contributed by atoms with Gasteiger partial charge in [-0.25, -0.2) is 10.2 Å². The first-order chi connectivity index (χ1) is 9.25. The standard InChI is InChI=1S/C15H13N3O/c16-15(19)18-17-14-12-7-3-1-5-10(12)9-11-6-2-4-8-13(11)14/h1-8H,9H2,(H3,16,18,19). The molecule has 0 aromatic heterocycles. The number of carbonyl (C=O) groups is 1. The molecule has 0 atom stereocenters. The number of nitrogens with two attached hydrogens (primary N) is 1. The fourth-order valence-electron chi connectivity index (χ4n) is 2.39. The summed E-state index contributed by atoms with van der Waals surface area (Å²) in [4.78, 5) is 10.9. The fourth-order valence-corrected chi connectivity index (χ4v) is 2.39. The quantitative estimate of drug-likeness (QED) is 0.638. The van der Waals surface area contributed by atoms with E-state index in [0.29, 0.717) is 0 Å². The van der Waals surface area contributed by atoms with Crippen LogP contribution in [0.15, 0.2) is 53.6 Å². The number of urea groups is 1. The van der Waals surface area contributed by atoms with E-state index in [1.807, 2.05) is 36.4 Å². The van der Waals surface area contributed by atoms with E-state index in [1.54, 1.807) is 0 Å². The van der Waals surface area contributed by atoms with E-state index in [1.165, 1.54) is 11.1 Å². The predicted molar refractivity (Wildman–Crippen MR) is 74.0 cm³/mol. The number of primary amides is 1. The molecule has 0 heterocycles. The Hall–Kier alpha value is -2.62. The van der Waals surface area contributed by atoms with Crippen molar-refractivity contribution in [2.24, 2.45) is 10.8 Å². The molecular weight excluding hydrogens is 238 g/mol. The normalized spacial score (nSPS) is 12.3. The van der Waals surface area contributed by atoms with Crippen LogP contribution in [0.1, 0.15) is 22.3 Å². The number of hydrogen-bond donors (Lipinski definition) is 2. The van der Waals surface area contributed by atoms with Crippen LogP contribution >= 0.6 is 0 Å². The summed E-state index contributed by atoms with van der Waals surface area (Å²) in [6.45, 7) is 0. The Balaban J connectivity index is 2.16. The van der Waals surface area contributed by atoms with Gasteiger partial charge in [0, 0.05) is 11.1 Å². The molecule has 0 bridgehead atoms. The van der Waals surface area contributed by atoms with Gasteiger partial charge in [-0.05, 0) is 17.5 Å². The van der Waals surface area contributed by atoms with Crippen LogP contribution in [-0.4, -0.2) is 11.7 Å². The zero-order valence-electron chi connectivity index (χ0n) is 10.3. The first-order valence-electron chi connectivity index (χ1n) is 6.05. The fraction of sp³-hybridized carbons (Fsp3) is 0.0667. The minimum Gasteiger partial charge on any atom is -0.350 e. The van der Waals surface area contributed by atoms with E-state index >= 15 is 0 Å². The van der Waals surface area contributed by atoms with Crippen LogP contribution in [0.2, 0.25) is 0 Å². The van der Waals surface area contributed by atoms with Gasteiger partial charge in [-0.15, -0.1) is 0 Å². The minimum absolute atomic E-state index is 0.659. The molecule has 0 spiro atoms. The summed E-state index contributed by atoms with van der Waals surface area (Å²) in [5.74, 6) is 0. The van der Waals surface area contributed by atoms with Crippen LogP contribution in [0.25, 0.3) is 0 Å². The lowest BCUT2D eigenvalue weighted by atomic mass is 9.85. The molecule has 3 rings (SSSR count). The summed E-state index contributed by atoms with van der Waals surface area (Å²) in [7, 11) is 0. The Morgan fingerprint density at radius 2 is 1.53 bits per heavy atom. The van der Waals surface area contributed by atoms with Gasteiger partial charge in [-0.3, -0.25) is 0 Å². The Morgan fingerprint density at radius 1 is 1.00 bits per heavy atom. The molecule has 94 valence electrons. The number of hydrazone groups is 1. The van der Waals surface area contributed by atoms with E-state index in [-0.39, 0.29) is 0 Å². The molecule has 0 radical (unpaired) electrons. The zero-order chi connectivity index (χ0) is 13.2. The SMILES string of the molecule is NC(=O)NN=C1c2ccccc2Cc2ccccc21. The van der Waals surface area contributed by atoms with Crippen molar-refractivity contribution in [1.29, 1.82) is 0 Å². The lowest BCUT2D eigenvalue weighted by molar-refractivity contribution is 0.249. The number of rotatable bonds is 1. The summed E-state index contributed by atoms with van der Waals surface area (Å²) >= 11 is 0. The van der Waals surface area contributed by atoms with Crippen LogP contribution in [0.5, 0.6) is 0 Å². The molecule has 0 fully saturated rings. The van der Waals surface area contributed by atoms with Gasteiger partial charge in [0.05, 0.1) is 5.71 Å². The van der Waals surface area contributed by atoms with Crippen LogP contribution < -0.4 is 11.2 Å². The first-order valence-corrected chi connectivity index (χ1v) is 6.05. The van der Waals surface area contributed by atoms with Gasteiger partial charge in [0.1, 0.15) is 0 Å². The van der Waals surface area contributed by atoms with Crippen LogP contribution in [0, 0.1) is 0 Å². The Morgan fingerprint density at radius 3 is 2.05 bits per heavy atom. The molecule has 19 heavy (non-hydrogen) atoms. The van der Waals surface area contributed by atoms with Crippen molar-refractivity contribution < 1.29 is 4.79 Å². The van der Waals surface area contributed by atoms with E-state index in [0.717, 1.165) is 23.3 Å². The lowest BCUT2D eigenvalue weighted by Gasteiger charge is -2.21. The molecule has 0 saturated carbocycles. The van der Waals surface area contributed by atoms with Gasteiger partial charge < -0.3 is 5.73 Å². The van der Waals surface area contributed by atoms with Crippen molar-refractivity contribution in [3.63, 3.8) is 0 Å². The maximum atomic E-state index is 10.9. The Bertz CT molecular complexity index is 629. The number of nitrogens with zero attached hydrogens (tertiary/aromatic N) is 1. The molecule has 2 amide bonds. The molecule has 4 heteroatoms. The number of hydrogen-bond acceptors (Lipinski definition) is 2. The van der Waals surface area contributed by atoms with Gasteiger partial charge >= 0.3 is 6.03 Å². The third-order valence-corrected chi connectivity index (χ3v) is 3.20. The maximum absolute atomic E-state index is 10.9. The molecule has 0 aliphatic heterocycles. The summed E-state index contributed by atoms with van der Waals surface area (Å²) in [5.41, 5.74) is 12.7. The van der Waals surface area contributed by atoms with Crippen molar-refractivity contribution >= 4 is 11.7 Å². The second-order valence-electron chi connectivity index (χ2n) is 4.43. The van der Waals surface area contributed by atoms with Crippen molar-refractivity contribution in [2.45, 2.75) is 6.42 Å². The number of benzene rings is 2. The molecule has 2 aromatic rings. The molecule has 1 aliphatic rings. The highest BCUT2D eigenvalue weighted by Gasteiger charge is 2.20. The highest BCUT2D eigenvalue weighted by molar-refractivity contribution is 6.16. The maximum Gasteiger partial charge on any atom is 0.332 e. The third kappa shape index (κ3) is 2.08. The number of amides is 2. The van der Waals surface area contributed by atoms with Gasteiger partial charge in [-0.1, -0.05) is 48.5 Å². The second kappa shape index (κ2) is 4.57. The van der Waals surface area contributed by atoms with E-state index in [4.69, 9.17) is 5.73 Å². The van der Waals surface area contributed by atoms with E-state index in [9.17, 15) is 4.79 Å². The van der Waals surface area contributed by atoms with Gasteiger partial charge in [0.2, 0.25) is 0 Å². The van der Waals surface area contributed by atoms with Gasteiger partial charge in [0.15, 0.2) is 0 Å². The summed E-state index contributed by atoms with van der Waals surface area (Å²) in [5, 5.41) is 4.16. The monoisotopic (exact) mass is 251 g/mol. The van der Waals surface area contributed by atoms with Gasteiger partial charge in [-0.2, -0.15) is 5.10 Å². The smallest absolute Gasteiger partial charge is 0.332 e. The molecule has 0 unspecified atom stereocenters. The first kappa shape index (κ1) is 11.5. The van der Waals surface area contributed by atoms with Crippen molar-refractivity contribution in [1.82, 2.24) is 5.43 Å². The average molecular weight is 251 g/mol. The lowest BCUT2D eigenvalue weighted by Crippen LogP contribution is -2.27. The molecule has 2 aromatic carbocycles. The van der Waals surface area contributed by atoms with Crippen molar-refractivity contribution in [3.8, 4) is 0 Å². The highest BCUT2D eigenvalue weighted by atomic mass is 16.2. The minimum atomic E-state index is -0.659. The van der Waals surface area contributed by atoms with Gasteiger partial charge in [0.25, 0.3) is 0 Å². The summed E-state index contributed by atoms with van der Waals surface area (Å²) in [6.07, 6.45) is 0.877. The van der Waals surface area contributed by atoms with Crippen LogP contribution in [-0.2, 0) is 6.42 Å². The number of carbonyl (C=O) groups excluding carboxylic acids is 1. The van der Waals surface area contributed by atoms with Crippen LogP contribution in [0.4, 0.5) is 4.79 Å². The second-order valence-corrected chi connectivity index (χ2v) is 4.43. The largest absolute Gasteiger partial charge is 0.350 e. The van der Waals surface area contributed by atoms with Crippen LogP contribution in [0.3, 0.4) is 0 Å². The molecule has 1 aliphatic carbocycles. The third-order valence-electron chi connectivity index (χ3n) is 3.20. The zero-order valence-corrected chi connectivity index (χ0v) is 10.3. The average Bonchev–Trinajstić information content (AvgIpc) is 2.43.